The molecule has 0 saturated heterocycles. The Kier molecular flexibility index (Phi) is 4.49. The van der Waals surface area contributed by atoms with Crippen molar-refractivity contribution in [3.05, 3.63) is 70.5 Å². The fourth-order valence-corrected chi connectivity index (χ4v) is 2.25. The van der Waals surface area contributed by atoms with Crippen LogP contribution in [0.1, 0.15) is 35.2 Å². The van der Waals surface area contributed by atoms with E-state index in [2.05, 4.69) is 24.4 Å². The van der Waals surface area contributed by atoms with Gasteiger partial charge in [0.25, 0.3) is 0 Å². The fourth-order valence-electron chi connectivity index (χ4n) is 2.25. The molecule has 2 rings (SSSR count). The molecule has 0 bridgehead atoms. The van der Waals surface area contributed by atoms with Crippen LogP contribution in [0.15, 0.2) is 42.5 Å². The van der Waals surface area contributed by atoms with Gasteiger partial charge in [-0.2, -0.15) is 5.26 Å². The monoisotopic (exact) mass is 268 g/mol. The summed E-state index contributed by atoms with van der Waals surface area (Å²) < 4.78 is 13.9. The molecule has 1 atom stereocenters. The molecule has 20 heavy (non-hydrogen) atoms. The van der Waals surface area contributed by atoms with Crippen molar-refractivity contribution in [2.45, 2.75) is 26.4 Å². The van der Waals surface area contributed by atoms with Gasteiger partial charge >= 0.3 is 0 Å². The number of nitrogens with one attached hydrogen (secondary N) is 1. The van der Waals surface area contributed by atoms with E-state index in [1.54, 1.807) is 12.1 Å². The number of nitriles is 1. The summed E-state index contributed by atoms with van der Waals surface area (Å²) in [7, 11) is 0. The van der Waals surface area contributed by atoms with Crippen LogP contribution in [0.5, 0.6) is 0 Å². The summed E-state index contributed by atoms with van der Waals surface area (Å²) in [5.74, 6) is -0.431. The van der Waals surface area contributed by atoms with E-state index in [1.807, 2.05) is 25.1 Å². The summed E-state index contributed by atoms with van der Waals surface area (Å²) in [5.41, 5.74) is 3.01. The molecular weight excluding hydrogens is 251 g/mol. The summed E-state index contributed by atoms with van der Waals surface area (Å²) in [6, 6.07) is 15.0. The van der Waals surface area contributed by atoms with Gasteiger partial charge in [0.15, 0.2) is 0 Å². The van der Waals surface area contributed by atoms with Crippen molar-refractivity contribution in [2.24, 2.45) is 0 Å². The second kappa shape index (κ2) is 6.31. The average molecular weight is 268 g/mol. The standard InChI is InChI=1S/C17H17FN2/c1-12-6-3-4-9-16(12)13(2)20-11-15-8-5-7-14(10-19)17(15)18/h3-9,13,20H,11H2,1-2H3. The van der Waals surface area contributed by atoms with Crippen LogP contribution in [-0.2, 0) is 6.54 Å². The minimum Gasteiger partial charge on any atom is -0.306 e. The van der Waals surface area contributed by atoms with Crippen LogP contribution in [0.2, 0.25) is 0 Å². The predicted molar refractivity (Wildman–Crippen MR) is 77.5 cm³/mol. The second-order valence-corrected chi connectivity index (χ2v) is 4.85. The van der Waals surface area contributed by atoms with Gasteiger partial charge in [-0.25, -0.2) is 4.39 Å². The van der Waals surface area contributed by atoms with E-state index >= 15 is 0 Å². The third-order valence-corrected chi connectivity index (χ3v) is 3.45. The molecule has 0 heterocycles. The van der Waals surface area contributed by atoms with Crippen LogP contribution in [0.3, 0.4) is 0 Å². The summed E-state index contributed by atoms with van der Waals surface area (Å²) in [6.45, 7) is 4.51. The molecule has 0 spiro atoms. The Morgan fingerprint density at radius 2 is 1.95 bits per heavy atom. The molecule has 102 valence electrons. The van der Waals surface area contributed by atoms with Gasteiger partial charge < -0.3 is 5.32 Å². The molecule has 1 unspecified atom stereocenters. The van der Waals surface area contributed by atoms with E-state index < -0.39 is 5.82 Å². The molecule has 0 amide bonds. The highest BCUT2D eigenvalue weighted by molar-refractivity contribution is 5.35. The highest BCUT2D eigenvalue weighted by Crippen LogP contribution is 2.18. The lowest BCUT2D eigenvalue weighted by Crippen LogP contribution is -2.19. The van der Waals surface area contributed by atoms with E-state index in [-0.39, 0.29) is 11.6 Å². The smallest absolute Gasteiger partial charge is 0.145 e. The zero-order valence-electron chi connectivity index (χ0n) is 11.7. The zero-order chi connectivity index (χ0) is 14.5. The number of rotatable bonds is 4. The van der Waals surface area contributed by atoms with Crippen LogP contribution in [0.25, 0.3) is 0 Å². The highest BCUT2D eigenvalue weighted by atomic mass is 19.1. The number of hydrogen-bond acceptors (Lipinski definition) is 2. The molecule has 2 aromatic rings. The lowest BCUT2D eigenvalue weighted by molar-refractivity contribution is 0.541. The Bertz CT molecular complexity index is 644. The van der Waals surface area contributed by atoms with Gasteiger partial charge in [0.05, 0.1) is 5.56 Å². The molecule has 2 aromatic carbocycles. The van der Waals surface area contributed by atoms with Gasteiger partial charge in [-0.05, 0) is 31.0 Å². The van der Waals surface area contributed by atoms with Crippen LogP contribution in [-0.4, -0.2) is 0 Å². The molecular formula is C17H17FN2. The van der Waals surface area contributed by atoms with Gasteiger partial charge in [0.1, 0.15) is 11.9 Å². The minimum absolute atomic E-state index is 0.0906. The lowest BCUT2D eigenvalue weighted by Gasteiger charge is -2.17. The second-order valence-electron chi connectivity index (χ2n) is 4.85. The number of hydrogen-bond donors (Lipinski definition) is 1. The molecule has 0 aliphatic heterocycles. The Balaban J connectivity index is 2.10. The van der Waals surface area contributed by atoms with Crippen molar-refractivity contribution < 1.29 is 4.39 Å². The molecule has 0 aromatic heterocycles. The first-order valence-corrected chi connectivity index (χ1v) is 6.60. The number of nitrogens with zero attached hydrogens (tertiary/aromatic N) is 1. The normalized spacial score (nSPS) is 11.9. The Labute approximate surface area is 118 Å². The lowest BCUT2D eigenvalue weighted by atomic mass is 10.0. The third-order valence-electron chi connectivity index (χ3n) is 3.45. The first-order chi connectivity index (χ1) is 9.63. The molecule has 0 radical (unpaired) electrons. The van der Waals surface area contributed by atoms with Gasteiger partial charge in [-0.15, -0.1) is 0 Å². The average Bonchev–Trinajstić information content (AvgIpc) is 2.46. The van der Waals surface area contributed by atoms with Crippen molar-refractivity contribution in [1.82, 2.24) is 5.32 Å². The quantitative estimate of drug-likeness (QED) is 0.914. The van der Waals surface area contributed by atoms with Crippen LogP contribution < -0.4 is 5.32 Å². The van der Waals surface area contributed by atoms with Gasteiger partial charge in [-0.1, -0.05) is 36.4 Å². The topological polar surface area (TPSA) is 35.8 Å². The van der Waals surface area contributed by atoms with Crippen molar-refractivity contribution in [3.63, 3.8) is 0 Å². The first kappa shape index (κ1) is 14.2. The maximum absolute atomic E-state index is 13.9. The minimum atomic E-state index is -0.431. The van der Waals surface area contributed by atoms with Crippen LogP contribution in [0.4, 0.5) is 4.39 Å². The Morgan fingerprint density at radius 3 is 2.65 bits per heavy atom. The van der Waals surface area contributed by atoms with Crippen molar-refractivity contribution in [3.8, 4) is 6.07 Å². The van der Waals surface area contributed by atoms with Gasteiger partial charge in [0, 0.05) is 18.2 Å². The van der Waals surface area contributed by atoms with E-state index in [9.17, 15) is 4.39 Å². The van der Waals surface area contributed by atoms with E-state index in [1.165, 1.54) is 17.2 Å². The van der Waals surface area contributed by atoms with Crippen LogP contribution >= 0.6 is 0 Å². The predicted octanol–water partition coefficient (Wildman–Crippen LogP) is 3.86. The van der Waals surface area contributed by atoms with E-state index in [4.69, 9.17) is 5.26 Å². The van der Waals surface area contributed by atoms with E-state index in [0.29, 0.717) is 12.1 Å². The maximum Gasteiger partial charge on any atom is 0.145 e. The SMILES string of the molecule is Cc1ccccc1C(C)NCc1cccc(C#N)c1F. The summed E-state index contributed by atoms with van der Waals surface area (Å²) in [5, 5.41) is 12.1. The van der Waals surface area contributed by atoms with Crippen molar-refractivity contribution in [2.75, 3.05) is 0 Å². The molecule has 2 nitrogen and oxygen atoms in total. The van der Waals surface area contributed by atoms with Crippen molar-refractivity contribution >= 4 is 0 Å². The zero-order valence-corrected chi connectivity index (χ0v) is 11.7. The maximum atomic E-state index is 13.9. The molecule has 1 N–H and O–H groups in total. The largest absolute Gasteiger partial charge is 0.306 e. The van der Waals surface area contributed by atoms with Crippen molar-refractivity contribution in [1.29, 1.82) is 5.26 Å². The number of aryl methyl sites for hydroxylation is 1. The molecule has 0 aliphatic carbocycles. The summed E-state index contributed by atoms with van der Waals surface area (Å²) >= 11 is 0. The van der Waals surface area contributed by atoms with Gasteiger partial charge in [-0.3, -0.25) is 0 Å². The number of benzene rings is 2. The number of halogens is 1. The summed E-state index contributed by atoms with van der Waals surface area (Å²) in [6.07, 6.45) is 0. The van der Waals surface area contributed by atoms with E-state index in [0.717, 1.165) is 0 Å². The molecule has 3 heteroatoms. The molecule has 0 saturated carbocycles. The van der Waals surface area contributed by atoms with Crippen LogP contribution in [0, 0.1) is 24.1 Å². The van der Waals surface area contributed by atoms with Gasteiger partial charge in [0.2, 0.25) is 0 Å². The summed E-state index contributed by atoms with van der Waals surface area (Å²) in [4.78, 5) is 0. The molecule has 0 fully saturated rings. The fraction of sp³-hybridized carbons (Fsp3) is 0.235. The third kappa shape index (κ3) is 3.04. The Hall–Kier alpha value is -2.18. The first-order valence-electron chi connectivity index (χ1n) is 6.60. The Morgan fingerprint density at radius 1 is 1.20 bits per heavy atom. The highest BCUT2D eigenvalue weighted by Gasteiger charge is 2.10. The molecule has 0 aliphatic rings.